The summed E-state index contributed by atoms with van der Waals surface area (Å²) < 4.78 is 44.4. The van der Waals surface area contributed by atoms with Crippen LogP contribution in [0.1, 0.15) is 0 Å². The summed E-state index contributed by atoms with van der Waals surface area (Å²) in [5, 5.41) is 2.63. The second kappa shape index (κ2) is 6.19. The Morgan fingerprint density at radius 1 is 1.28 bits per heavy atom. The van der Waals surface area contributed by atoms with Crippen LogP contribution in [0.4, 0.5) is 25.1 Å². The Kier molecular flexibility index (Phi) is 4.89. The molecule has 0 fully saturated rings. The summed E-state index contributed by atoms with van der Waals surface area (Å²) in [6.45, 7) is -1.34. The van der Waals surface area contributed by atoms with Gasteiger partial charge in [0.05, 0.1) is 13.7 Å². The molecule has 1 aromatic rings. The van der Waals surface area contributed by atoms with E-state index in [2.05, 4.69) is 25.0 Å². The number of ether oxygens (including phenoxy) is 2. The molecule has 0 amide bonds. The number of alkyl halides is 3. The zero-order valence-corrected chi connectivity index (χ0v) is 9.49. The van der Waals surface area contributed by atoms with E-state index in [9.17, 15) is 13.2 Å². The number of nitrogen functional groups attached to an aromatic ring is 1. The molecule has 7 nitrogen and oxygen atoms in total. The lowest BCUT2D eigenvalue weighted by atomic mass is 10.6. The Labute approximate surface area is 101 Å². The highest BCUT2D eigenvalue weighted by atomic mass is 19.4. The molecule has 0 unspecified atom stereocenters. The summed E-state index contributed by atoms with van der Waals surface area (Å²) in [7, 11) is 1.35. The molecule has 0 aliphatic rings. The maximum Gasteiger partial charge on any atom is 0.411 e. The molecule has 0 aliphatic carbocycles. The van der Waals surface area contributed by atoms with Gasteiger partial charge in [-0.2, -0.15) is 28.1 Å². The Hall–Kier alpha value is -1.84. The van der Waals surface area contributed by atoms with Gasteiger partial charge in [0.2, 0.25) is 11.9 Å². The summed E-state index contributed by atoms with van der Waals surface area (Å²) in [6, 6.07) is 0.0150. The molecule has 1 rings (SSSR count). The van der Waals surface area contributed by atoms with Crippen molar-refractivity contribution in [3.8, 4) is 6.01 Å². The molecule has 0 aliphatic heterocycles. The van der Waals surface area contributed by atoms with E-state index in [0.717, 1.165) is 0 Å². The minimum Gasteiger partial charge on any atom is -0.467 e. The third-order valence-electron chi connectivity index (χ3n) is 1.61. The third kappa shape index (κ3) is 5.48. The van der Waals surface area contributed by atoms with Crippen molar-refractivity contribution >= 4 is 11.9 Å². The maximum absolute atomic E-state index is 11.7. The van der Waals surface area contributed by atoms with Gasteiger partial charge in [-0.1, -0.05) is 0 Å². The predicted octanol–water partition coefficient (Wildman–Crippen LogP) is 0.453. The van der Waals surface area contributed by atoms with Crippen LogP contribution in [0.3, 0.4) is 0 Å². The normalized spacial score (nSPS) is 11.3. The van der Waals surface area contributed by atoms with E-state index in [4.69, 9.17) is 10.5 Å². The molecule has 3 N–H and O–H groups in total. The number of hydrogen-bond donors (Lipinski definition) is 2. The fraction of sp³-hybridized carbons (Fsp3) is 0.625. The average Bonchev–Trinajstić information content (AvgIpc) is 2.26. The van der Waals surface area contributed by atoms with Gasteiger partial charge in [0.1, 0.15) is 6.61 Å². The van der Waals surface area contributed by atoms with E-state index in [0.29, 0.717) is 0 Å². The van der Waals surface area contributed by atoms with Crippen LogP contribution in [0.2, 0.25) is 0 Å². The highest BCUT2D eigenvalue weighted by Crippen LogP contribution is 2.14. The Balaban J connectivity index is 2.33. The molecule has 102 valence electrons. The lowest BCUT2D eigenvalue weighted by Crippen LogP contribution is -2.20. The molecule has 0 saturated heterocycles. The molecular formula is C8H12F3N5O2. The number of nitrogens with two attached hydrogens (primary N) is 1. The quantitative estimate of drug-likeness (QED) is 0.722. The number of anilines is 2. The van der Waals surface area contributed by atoms with Crippen LogP contribution in [-0.4, -0.2) is 48.0 Å². The van der Waals surface area contributed by atoms with Crippen molar-refractivity contribution in [2.75, 3.05) is 37.9 Å². The number of halogens is 3. The average molecular weight is 267 g/mol. The van der Waals surface area contributed by atoms with Crippen molar-refractivity contribution in [1.82, 2.24) is 15.0 Å². The fourth-order valence-corrected chi connectivity index (χ4v) is 0.965. The summed E-state index contributed by atoms with van der Waals surface area (Å²) in [4.78, 5) is 11.1. The Morgan fingerprint density at radius 3 is 2.61 bits per heavy atom. The predicted molar refractivity (Wildman–Crippen MR) is 56.2 cm³/mol. The highest BCUT2D eigenvalue weighted by molar-refractivity contribution is 5.32. The van der Waals surface area contributed by atoms with Crippen LogP contribution < -0.4 is 15.8 Å². The van der Waals surface area contributed by atoms with E-state index >= 15 is 0 Å². The molecular weight excluding hydrogens is 255 g/mol. The monoisotopic (exact) mass is 267 g/mol. The van der Waals surface area contributed by atoms with Crippen LogP contribution in [0, 0.1) is 0 Å². The van der Waals surface area contributed by atoms with Gasteiger partial charge in [0, 0.05) is 6.54 Å². The molecule has 18 heavy (non-hydrogen) atoms. The van der Waals surface area contributed by atoms with Crippen LogP contribution in [0.15, 0.2) is 0 Å². The molecule has 0 saturated carbocycles. The van der Waals surface area contributed by atoms with Crippen LogP contribution in [-0.2, 0) is 4.74 Å². The van der Waals surface area contributed by atoms with Gasteiger partial charge in [0.25, 0.3) is 0 Å². The van der Waals surface area contributed by atoms with Gasteiger partial charge in [0.15, 0.2) is 0 Å². The number of aromatic nitrogens is 3. The smallest absolute Gasteiger partial charge is 0.411 e. The van der Waals surface area contributed by atoms with Crippen molar-refractivity contribution in [1.29, 1.82) is 0 Å². The van der Waals surface area contributed by atoms with E-state index in [1.807, 2.05) is 0 Å². The summed E-state index contributed by atoms with van der Waals surface area (Å²) in [5.41, 5.74) is 5.36. The molecule has 0 spiro atoms. The van der Waals surface area contributed by atoms with Gasteiger partial charge in [-0.3, -0.25) is 0 Å². The zero-order chi connectivity index (χ0) is 13.6. The Bertz CT molecular complexity index is 387. The van der Waals surface area contributed by atoms with Crippen molar-refractivity contribution in [3.05, 3.63) is 0 Å². The first-order valence-corrected chi connectivity index (χ1v) is 4.84. The summed E-state index contributed by atoms with van der Waals surface area (Å²) in [6.07, 6.45) is -4.33. The van der Waals surface area contributed by atoms with Gasteiger partial charge in [-0.25, -0.2) is 0 Å². The molecule has 1 heterocycles. The summed E-state index contributed by atoms with van der Waals surface area (Å²) in [5.74, 6) is 0.0514. The van der Waals surface area contributed by atoms with Crippen molar-refractivity contribution in [2.45, 2.75) is 6.18 Å². The number of methoxy groups -OCH3 is 1. The molecule has 0 aromatic carbocycles. The first-order valence-electron chi connectivity index (χ1n) is 4.84. The standard InChI is InChI=1S/C8H12F3N5O2/c1-17-7-15-5(12)14-6(16-7)13-2-3-18-4-8(9,10)11/h2-4H2,1H3,(H3,12,13,14,15,16). The third-order valence-corrected chi connectivity index (χ3v) is 1.61. The van der Waals surface area contributed by atoms with Crippen LogP contribution >= 0.6 is 0 Å². The topological polar surface area (TPSA) is 95.2 Å². The van der Waals surface area contributed by atoms with E-state index in [1.165, 1.54) is 7.11 Å². The maximum atomic E-state index is 11.7. The zero-order valence-electron chi connectivity index (χ0n) is 9.49. The van der Waals surface area contributed by atoms with Crippen molar-refractivity contribution in [3.63, 3.8) is 0 Å². The van der Waals surface area contributed by atoms with Gasteiger partial charge in [-0.05, 0) is 0 Å². The SMILES string of the molecule is COc1nc(N)nc(NCCOCC(F)(F)F)n1. The number of rotatable bonds is 6. The highest BCUT2D eigenvalue weighted by Gasteiger charge is 2.27. The molecule has 0 bridgehead atoms. The Morgan fingerprint density at radius 2 is 2.00 bits per heavy atom. The first kappa shape index (κ1) is 14.2. The second-order valence-corrected chi connectivity index (χ2v) is 3.10. The number of nitrogens with one attached hydrogen (secondary N) is 1. The van der Waals surface area contributed by atoms with Gasteiger partial charge >= 0.3 is 12.2 Å². The number of nitrogens with zero attached hydrogens (tertiary/aromatic N) is 3. The van der Waals surface area contributed by atoms with E-state index in [1.54, 1.807) is 0 Å². The summed E-state index contributed by atoms with van der Waals surface area (Å²) >= 11 is 0. The minimum absolute atomic E-state index is 0.0150. The minimum atomic E-state index is -4.33. The van der Waals surface area contributed by atoms with E-state index < -0.39 is 12.8 Å². The molecule has 0 atom stereocenters. The van der Waals surface area contributed by atoms with Crippen molar-refractivity contribution in [2.24, 2.45) is 0 Å². The van der Waals surface area contributed by atoms with Gasteiger partial charge < -0.3 is 20.5 Å². The largest absolute Gasteiger partial charge is 0.467 e. The van der Waals surface area contributed by atoms with Crippen molar-refractivity contribution < 1.29 is 22.6 Å². The number of hydrogen-bond acceptors (Lipinski definition) is 7. The van der Waals surface area contributed by atoms with E-state index in [-0.39, 0.29) is 31.1 Å². The van der Waals surface area contributed by atoms with Crippen LogP contribution in [0.5, 0.6) is 6.01 Å². The molecule has 0 radical (unpaired) electrons. The molecule has 10 heteroatoms. The fourth-order valence-electron chi connectivity index (χ4n) is 0.965. The van der Waals surface area contributed by atoms with Crippen LogP contribution in [0.25, 0.3) is 0 Å². The lowest BCUT2D eigenvalue weighted by molar-refractivity contribution is -0.172. The lowest BCUT2D eigenvalue weighted by Gasteiger charge is -2.08. The van der Waals surface area contributed by atoms with Gasteiger partial charge in [-0.15, -0.1) is 0 Å². The second-order valence-electron chi connectivity index (χ2n) is 3.10. The molecule has 1 aromatic heterocycles. The first-order chi connectivity index (χ1) is 8.40.